The highest BCUT2D eigenvalue weighted by atomic mass is 19.4. The quantitative estimate of drug-likeness (QED) is 0.915. The Hall–Kier alpha value is -2.23. The van der Waals surface area contributed by atoms with Gasteiger partial charge in [-0.3, -0.25) is 4.79 Å². The van der Waals surface area contributed by atoms with Gasteiger partial charge >= 0.3 is 12.3 Å². The number of carboxylic acid groups (broad SMARTS) is 1. The standard InChI is InChI=1S/C12H10F3NO3/c1-2-9-7(5-10(17)18)3-4-8(6-16)11(9)19-12(13,14)15/h3-4H,2,5H2,1H3,(H,17,18). The Kier molecular flexibility index (Phi) is 4.38. The molecule has 0 unspecified atom stereocenters. The fourth-order valence-corrected chi connectivity index (χ4v) is 1.71. The summed E-state index contributed by atoms with van der Waals surface area (Å²) in [6.07, 6.45) is -5.23. The largest absolute Gasteiger partial charge is 0.573 e. The van der Waals surface area contributed by atoms with Gasteiger partial charge in [-0.1, -0.05) is 13.0 Å². The Balaban J connectivity index is 3.38. The summed E-state index contributed by atoms with van der Waals surface area (Å²) >= 11 is 0. The lowest BCUT2D eigenvalue weighted by molar-refractivity contribution is -0.275. The highest BCUT2D eigenvalue weighted by Gasteiger charge is 2.33. The minimum absolute atomic E-state index is 0.0822. The van der Waals surface area contributed by atoms with Crippen molar-refractivity contribution in [2.24, 2.45) is 0 Å². The van der Waals surface area contributed by atoms with Gasteiger partial charge < -0.3 is 9.84 Å². The van der Waals surface area contributed by atoms with Crippen LogP contribution in [0.1, 0.15) is 23.6 Å². The Labute approximate surface area is 107 Å². The van der Waals surface area contributed by atoms with Gasteiger partial charge in [-0.05, 0) is 23.6 Å². The van der Waals surface area contributed by atoms with Crippen molar-refractivity contribution in [1.82, 2.24) is 0 Å². The number of rotatable bonds is 4. The van der Waals surface area contributed by atoms with E-state index in [2.05, 4.69) is 4.74 Å². The van der Waals surface area contributed by atoms with E-state index in [1.807, 2.05) is 0 Å². The normalized spacial score (nSPS) is 10.9. The molecule has 1 rings (SSSR count). The molecule has 0 bridgehead atoms. The van der Waals surface area contributed by atoms with Crippen LogP contribution < -0.4 is 4.74 Å². The molecule has 1 aromatic carbocycles. The van der Waals surface area contributed by atoms with E-state index in [0.717, 1.165) is 6.07 Å². The van der Waals surface area contributed by atoms with E-state index >= 15 is 0 Å². The molecule has 0 aliphatic rings. The predicted molar refractivity (Wildman–Crippen MR) is 58.6 cm³/mol. The number of carbonyl (C=O) groups is 1. The van der Waals surface area contributed by atoms with Crippen LogP contribution in [-0.2, 0) is 17.6 Å². The summed E-state index contributed by atoms with van der Waals surface area (Å²) in [6, 6.07) is 4.05. The summed E-state index contributed by atoms with van der Waals surface area (Å²) in [4.78, 5) is 10.7. The van der Waals surface area contributed by atoms with Gasteiger partial charge in [0.15, 0.2) is 5.75 Å². The van der Waals surface area contributed by atoms with Gasteiger partial charge in [0.1, 0.15) is 6.07 Å². The third kappa shape index (κ3) is 3.88. The zero-order valence-electron chi connectivity index (χ0n) is 9.91. The lowest BCUT2D eigenvalue weighted by Crippen LogP contribution is -2.19. The highest BCUT2D eigenvalue weighted by molar-refractivity contribution is 5.71. The van der Waals surface area contributed by atoms with E-state index in [0.29, 0.717) is 0 Å². The number of halogens is 3. The van der Waals surface area contributed by atoms with Crippen LogP contribution in [0, 0.1) is 11.3 Å². The van der Waals surface area contributed by atoms with Crippen LogP contribution in [0.15, 0.2) is 12.1 Å². The van der Waals surface area contributed by atoms with Crippen LogP contribution >= 0.6 is 0 Å². The maximum absolute atomic E-state index is 12.3. The number of hydrogen-bond acceptors (Lipinski definition) is 3. The molecule has 19 heavy (non-hydrogen) atoms. The van der Waals surface area contributed by atoms with Crippen LogP contribution in [0.25, 0.3) is 0 Å². The third-order valence-electron chi connectivity index (χ3n) is 2.39. The summed E-state index contributed by atoms with van der Waals surface area (Å²) < 4.78 is 40.8. The van der Waals surface area contributed by atoms with Crippen LogP contribution in [0.5, 0.6) is 5.75 Å². The molecule has 0 saturated carbocycles. The van der Waals surface area contributed by atoms with Crippen molar-refractivity contribution in [3.63, 3.8) is 0 Å². The fourth-order valence-electron chi connectivity index (χ4n) is 1.71. The Morgan fingerprint density at radius 1 is 1.47 bits per heavy atom. The molecule has 1 N–H and O–H groups in total. The number of ether oxygens (including phenoxy) is 1. The molecule has 0 fully saturated rings. The average Bonchev–Trinajstić information content (AvgIpc) is 2.27. The first-order valence-corrected chi connectivity index (χ1v) is 5.30. The molecular formula is C12H10F3NO3. The van der Waals surface area contributed by atoms with Crippen molar-refractivity contribution in [3.8, 4) is 11.8 Å². The minimum atomic E-state index is -4.93. The van der Waals surface area contributed by atoms with E-state index in [-0.39, 0.29) is 23.1 Å². The number of aliphatic carboxylic acids is 1. The van der Waals surface area contributed by atoms with Gasteiger partial charge in [0.2, 0.25) is 0 Å². The van der Waals surface area contributed by atoms with E-state index in [1.165, 1.54) is 6.07 Å². The molecular weight excluding hydrogens is 263 g/mol. The lowest BCUT2D eigenvalue weighted by atomic mass is 9.98. The zero-order chi connectivity index (χ0) is 14.6. The monoisotopic (exact) mass is 273 g/mol. The first-order chi connectivity index (χ1) is 8.78. The molecule has 1 aromatic rings. The number of nitriles is 1. The molecule has 0 heterocycles. The minimum Gasteiger partial charge on any atom is -0.481 e. The van der Waals surface area contributed by atoms with Crippen molar-refractivity contribution in [3.05, 3.63) is 28.8 Å². The molecule has 0 atom stereocenters. The van der Waals surface area contributed by atoms with Crippen LogP contribution in [-0.4, -0.2) is 17.4 Å². The smallest absolute Gasteiger partial charge is 0.481 e. The Bertz CT molecular complexity index is 532. The average molecular weight is 273 g/mol. The van der Waals surface area contributed by atoms with Gasteiger partial charge in [0.05, 0.1) is 12.0 Å². The number of alkyl halides is 3. The Morgan fingerprint density at radius 2 is 2.11 bits per heavy atom. The maximum Gasteiger partial charge on any atom is 0.573 e. The molecule has 0 aromatic heterocycles. The van der Waals surface area contributed by atoms with Crippen molar-refractivity contribution < 1.29 is 27.8 Å². The van der Waals surface area contributed by atoms with E-state index in [4.69, 9.17) is 10.4 Å². The second kappa shape index (κ2) is 5.61. The van der Waals surface area contributed by atoms with Crippen molar-refractivity contribution >= 4 is 5.97 Å². The summed E-state index contributed by atoms with van der Waals surface area (Å²) in [5, 5.41) is 17.5. The van der Waals surface area contributed by atoms with E-state index < -0.39 is 24.5 Å². The molecule has 7 heteroatoms. The van der Waals surface area contributed by atoms with Crippen LogP contribution in [0.3, 0.4) is 0 Å². The molecule has 0 radical (unpaired) electrons. The zero-order valence-corrected chi connectivity index (χ0v) is 9.91. The maximum atomic E-state index is 12.3. The first kappa shape index (κ1) is 14.8. The van der Waals surface area contributed by atoms with Gasteiger partial charge in [-0.15, -0.1) is 13.2 Å². The topological polar surface area (TPSA) is 70.3 Å². The Morgan fingerprint density at radius 3 is 2.53 bits per heavy atom. The van der Waals surface area contributed by atoms with Crippen LogP contribution in [0.2, 0.25) is 0 Å². The van der Waals surface area contributed by atoms with Gasteiger partial charge in [-0.25, -0.2) is 0 Å². The summed E-state index contributed by atoms with van der Waals surface area (Å²) in [7, 11) is 0. The van der Waals surface area contributed by atoms with Gasteiger partial charge in [0, 0.05) is 0 Å². The van der Waals surface area contributed by atoms with Crippen molar-refractivity contribution in [2.45, 2.75) is 26.1 Å². The van der Waals surface area contributed by atoms with Crippen molar-refractivity contribution in [1.29, 1.82) is 5.26 Å². The molecule has 4 nitrogen and oxygen atoms in total. The molecule has 0 amide bonds. The summed E-state index contributed by atoms with van der Waals surface area (Å²) in [5.41, 5.74) is 0.00957. The van der Waals surface area contributed by atoms with Crippen molar-refractivity contribution in [2.75, 3.05) is 0 Å². The van der Waals surface area contributed by atoms with E-state index in [1.54, 1.807) is 13.0 Å². The number of nitrogens with zero attached hydrogens (tertiary/aromatic N) is 1. The predicted octanol–water partition coefficient (Wildman–Crippen LogP) is 2.65. The summed E-state index contributed by atoms with van der Waals surface area (Å²) in [6.45, 7) is 1.56. The van der Waals surface area contributed by atoms with Gasteiger partial charge in [-0.2, -0.15) is 5.26 Å². The second-order valence-corrected chi connectivity index (χ2v) is 3.66. The van der Waals surface area contributed by atoms with Crippen LogP contribution in [0.4, 0.5) is 13.2 Å². The van der Waals surface area contributed by atoms with Gasteiger partial charge in [0.25, 0.3) is 0 Å². The number of carboxylic acids is 1. The molecule has 0 spiro atoms. The second-order valence-electron chi connectivity index (χ2n) is 3.66. The molecule has 0 saturated heterocycles. The molecule has 0 aliphatic carbocycles. The number of hydrogen-bond donors (Lipinski definition) is 1. The highest BCUT2D eigenvalue weighted by Crippen LogP contribution is 2.32. The first-order valence-electron chi connectivity index (χ1n) is 5.30. The molecule has 0 aliphatic heterocycles. The molecule has 102 valence electrons. The SMILES string of the molecule is CCc1c(CC(=O)O)ccc(C#N)c1OC(F)(F)F. The lowest BCUT2D eigenvalue weighted by Gasteiger charge is -2.16. The number of benzene rings is 1. The third-order valence-corrected chi connectivity index (χ3v) is 2.39. The van der Waals surface area contributed by atoms with E-state index in [9.17, 15) is 18.0 Å². The fraction of sp³-hybridized carbons (Fsp3) is 0.333. The summed E-state index contributed by atoms with van der Waals surface area (Å²) in [5.74, 6) is -1.78.